The molecule has 1 N–H and O–H groups in total. The molecule has 0 aliphatic carbocycles. The summed E-state index contributed by atoms with van der Waals surface area (Å²) in [5.74, 6) is 0. The Morgan fingerprint density at radius 2 is 1.84 bits per heavy atom. The molecule has 1 aromatic carbocycles. The normalized spacial score (nSPS) is 10.2. The monoisotopic (exact) mass is 262 g/mol. The van der Waals surface area contributed by atoms with E-state index in [1.165, 1.54) is 32.1 Å². The summed E-state index contributed by atoms with van der Waals surface area (Å²) in [6, 6.07) is 7.84. The number of hydrogen-bond donors (Lipinski definition) is 1. The molecule has 0 unspecified atom stereocenters. The zero-order valence-electron chi connectivity index (χ0n) is 11.8. The van der Waals surface area contributed by atoms with E-state index in [-0.39, 0.29) is 0 Å². The molecule has 0 spiro atoms. The van der Waals surface area contributed by atoms with Gasteiger partial charge in [-0.05, 0) is 24.5 Å². The molecule has 0 aliphatic heterocycles. The van der Waals surface area contributed by atoms with Gasteiger partial charge in [0.15, 0.2) is 0 Å². The molecule has 1 aromatic rings. The predicted molar refractivity (Wildman–Crippen MR) is 79.0 cm³/mol. The number of hydrogen-bond acceptors (Lipinski definition) is 2. The van der Waals surface area contributed by atoms with Gasteiger partial charge in [0, 0.05) is 5.69 Å². The van der Waals surface area contributed by atoms with Crippen molar-refractivity contribution in [2.45, 2.75) is 51.9 Å². The van der Waals surface area contributed by atoms with E-state index in [9.17, 15) is 4.79 Å². The van der Waals surface area contributed by atoms with E-state index in [1.54, 1.807) is 0 Å². The highest BCUT2D eigenvalue weighted by Gasteiger charge is 2.05. The highest BCUT2D eigenvalue weighted by Crippen LogP contribution is 2.18. The molecule has 1 radical (unpaired) electrons. The molecule has 3 nitrogen and oxygen atoms in total. The first-order valence-corrected chi connectivity index (χ1v) is 7.08. The van der Waals surface area contributed by atoms with Crippen molar-refractivity contribution < 1.29 is 9.53 Å². The quantitative estimate of drug-likeness (QED) is 0.674. The molecule has 3 heteroatoms. The van der Waals surface area contributed by atoms with Crippen molar-refractivity contribution in [2.24, 2.45) is 0 Å². The SMILES string of the molecule is [CH2]OC(=O)Nc1ccccc1CCCCCCCC. The van der Waals surface area contributed by atoms with Gasteiger partial charge in [-0.3, -0.25) is 5.32 Å². The summed E-state index contributed by atoms with van der Waals surface area (Å²) in [7, 11) is 3.10. The van der Waals surface area contributed by atoms with E-state index < -0.39 is 6.09 Å². The molecule has 1 rings (SSSR count). The van der Waals surface area contributed by atoms with Crippen LogP contribution in [0, 0.1) is 7.11 Å². The van der Waals surface area contributed by atoms with Crippen LogP contribution < -0.4 is 5.32 Å². The maximum Gasteiger partial charge on any atom is 0.411 e. The van der Waals surface area contributed by atoms with Crippen LogP contribution in [0.25, 0.3) is 0 Å². The Morgan fingerprint density at radius 3 is 2.58 bits per heavy atom. The largest absolute Gasteiger partial charge is 0.446 e. The molecule has 0 atom stereocenters. The van der Waals surface area contributed by atoms with Crippen molar-refractivity contribution in [3.8, 4) is 0 Å². The van der Waals surface area contributed by atoms with Gasteiger partial charge in [0.1, 0.15) is 7.11 Å². The lowest BCUT2D eigenvalue weighted by Gasteiger charge is -2.10. The number of benzene rings is 1. The second-order valence-corrected chi connectivity index (χ2v) is 4.73. The topological polar surface area (TPSA) is 38.3 Å². The lowest BCUT2D eigenvalue weighted by Crippen LogP contribution is -2.11. The molecule has 0 saturated heterocycles. The van der Waals surface area contributed by atoms with Crippen LogP contribution in [0.15, 0.2) is 24.3 Å². The summed E-state index contributed by atoms with van der Waals surface area (Å²) in [5, 5.41) is 2.70. The average Bonchev–Trinajstić information content (AvgIpc) is 2.44. The van der Waals surface area contributed by atoms with Gasteiger partial charge in [0.2, 0.25) is 0 Å². The number of ether oxygens (including phenoxy) is 1. The number of unbranched alkanes of at least 4 members (excludes halogenated alkanes) is 5. The van der Waals surface area contributed by atoms with Crippen LogP contribution >= 0.6 is 0 Å². The van der Waals surface area contributed by atoms with Gasteiger partial charge in [-0.2, -0.15) is 0 Å². The third-order valence-corrected chi connectivity index (χ3v) is 3.18. The Kier molecular flexibility index (Phi) is 7.71. The first-order valence-electron chi connectivity index (χ1n) is 7.08. The van der Waals surface area contributed by atoms with E-state index in [0.717, 1.165) is 24.1 Å². The van der Waals surface area contributed by atoms with E-state index >= 15 is 0 Å². The molecule has 0 bridgehead atoms. The molecule has 0 aromatic heterocycles. The molecule has 0 fully saturated rings. The molecule has 0 saturated carbocycles. The van der Waals surface area contributed by atoms with Crippen LogP contribution in [-0.4, -0.2) is 6.09 Å². The lowest BCUT2D eigenvalue weighted by molar-refractivity contribution is 0.199. The van der Waals surface area contributed by atoms with Gasteiger partial charge >= 0.3 is 6.09 Å². The highest BCUT2D eigenvalue weighted by atomic mass is 16.5. The van der Waals surface area contributed by atoms with Crippen molar-refractivity contribution in [1.29, 1.82) is 0 Å². The minimum absolute atomic E-state index is 0.518. The van der Waals surface area contributed by atoms with Gasteiger partial charge in [-0.15, -0.1) is 0 Å². The number of amides is 1. The van der Waals surface area contributed by atoms with Crippen molar-refractivity contribution >= 4 is 11.8 Å². The Hall–Kier alpha value is -1.51. The Labute approximate surface area is 116 Å². The fourth-order valence-corrected chi connectivity index (χ4v) is 2.10. The molecular formula is C16H24NO2. The standard InChI is InChI=1S/C16H24NO2/c1-3-4-5-6-7-8-11-14-12-9-10-13-15(14)17-16(18)19-2/h9-10,12-13H,2-8,11H2,1H3,(H,17,18). The minimum atomic E-state index is -0.518. The van der Waals surface area contributed by atoms with Crippen molar-refractivity contribution in [3.63, 3.8) is 0 Å². The minimum Gasteiger partial charge on any atom is -0.446 e. The first-order chi connectivity index (χ1) is 9.27. The zero-order valence-corrected chi connectivity index (χ0v) is 11.8. The number of carbonyl (C=O) groups excluding carboxylic acids is 1. The molecule has 1 amide bonds. The Bertz CT molecular complexity index is 377. The Balaban J connectivity index is 2.38. The van der Waals surface area contributed by atoms with E-state index in [2.05, 4.69) is 24.1 Å². The van der Waals surface area contributed by atoms with Crippen molar-refractivity contribution in [2.75, 3.05) is 5.32 Å². The highest BCUT2D eigenvalue weighted by molar-refractivity contribution is 5.85. The van der Waals surface area contributed by atoms with E-state index in [4.69, 9.17) is 0 Å². The number of para-hydroxylation sites is 1. The van der Waals surface area contributed by atoms with E-state index in [1.807, 2.05) is 24.3 Å². The second-order valence-electron chi connectivity index (χ2n) is 4.73. The maximum absolute atomic E-state index is 11.2. The first kappa shape index (κ1) is 15.5. The summed E-state index contributed by atoms with van der Waals surface area (Å²) in [6.45, 7) is 2.23. The average molecular weight is 262 g/mol. The van der Waals surface area contributed by atoms with Crippen LogP contribution in [0.2, 0.25) is 0 Å². The second kappa shape index (κ2) is 9.42. The lowest BCUT2D eigenvalue weighted by atomic mass is 10.0. The summed E-state index contributed by atoms with van der Waals surface area (Å²) in [6.07, 6.45) is 8.09. The summed E-state index contributed by atoms with van der Waals surface area (Å²) >= 11 is 0. The predicted octanol–water partition coefficient (Wildman–Crippen LogP) is 4.93. The summed E-state index contributed by atoms with van der Waals surface area (Å²) < 4.78 is 4.38. The van der Waals surface area contributed by atoms with Crippen LogP contribution in [0.1, 0.15) is 51.0 Å². The van der Waals surface area contributed by atoms with E-state index in [0.29, 0.717) is 0 Å². The van der Waals surface area contributed by atoms with Crippen molar-refractivity contribution in [1.82, 2.24) is 0 Å². The van der Waals surface area contributed by atoms with Gasteiger partial charge in [0.05, 0.1) is 0 Å². The number of anilines is 1. The van der Waals surface area contributed by atoms with Crippen LogP contribution in [0.3, 0.4) is 0 Å². The third-order valence-electron chi connectivity index (χ3n) is 3.18. The van der Waals surface area contributed by atoms with Crippen LogP contribution in [0.4, 0.5) is 10.5 Å². The van der Waals surface area contributed by atoms with Gasteiger partial charge < -0.3 is 4.74 Å². The summed E-state index contributed by atoms with van der Waals surface area (Å²) in [4.78, 5) is 11.2. The van der Waals surface area contributed by atoms with Crippen molar-refractivity contribution in [3.05, 3.63) is 36.9 Å². The van der Waals surface area contributed by atoms with Crippen LogP contribution in [-0.2, 0) is 11.2 Å². The molecular weight excluding hydrogens is 238 g/mol. The fourth-order valence-electron chi connectivity index (χ4n) is 2.10. The third kappa shape index (κ3) is 6.27. The molecule has 105 valence electrons. The summed E-state index contributed by atoms with van der Waals surface area (Å²) in [5.41, 5.74) is 1.98. The number of carbonyl (C=O) groups is 1. The maximum atomic E-state index is 11.2. The fraction of sp³-hybridized carbons (Fsp3) is 0.500. The molecule has 0 heterocycles. The smallest absolute Gasteiger partial charge is 0.411 e. The van der Waals surface area contributed by atoms with Crippen LogP contribution in [0.5, 0.6) is 0 Å². The molecule has 0 aliphatic rings. The number of aryl methyl sites for hydroxylation is 1. The van der Waals surface area contributed by atoms with Gasteiger partial charge in [0.25, 0.3) is 0 Å². The number of nitrogens with one attached hydrogen (secondary N) is 1. The molecule has 19 heavy (non-hydrogen) atoms. The Morgan fingerprint density at radius 1 is 1.16 bits per heavy atom. The van der Waals surface area contributed by atoms with Gasteiger partial charge in [-0.25, -0.2) is 4.79 Å². The number of rotatable bonds is 8. The van der Waals surface area contributed by atoms with Gasteiger partial charge in [-0.1, -0.05) is 57.2 Å². The zero-order chi connectivity index (χ0) is 13.9.